The smallest absolute Gasteiger partial charge is 0.409 e. The number of ether oxygens (including phenoxy) is 1. The third kappa shape index (κ3) is 8.29. The number of piperidine rings is 1. The first-order valence-electron chi connectivity index (χ1n) is 10.1. The van der Waals surface area contributed by atoms with Crippen LogP contribution in [-0.2, 0) is 20.7 Å². The van der Waals surface area contributed by atoms with E-state index in [1.54, 1.807) is 23.2 Å². The van der Waals surface area contributed by atoms with E-state index in [9.17, 15) is 14.4 Å². The molecule has 0 aliphatic carbocycles. The molecule has 7 nitrogen and oxygen atoms in total. The number of carbonyl (C=O) groups is 3. The maximum Gasteiger partial charge on any atom is 0.409 e. The minimum atomic E-state index is -0.279. The van der Waals surface area contributed by atoms with Gasteiger partial charge in [0.05, 0.1) is 6.61 Å². The molecule has 8 heteroatoms. The number of nitrogens with zero attached hydrogens (tertiary/aromatic N) is 1. The minimum Gasteiger partial charge on any atom is -0.450 e. The van der Waals surface area contributed by atoms with E-state index in [-0.39, 0.29) is 23.9 Å². The van der Waals surface area contributed by atoms with Crippen LogP contribution in [-0.4, -0.2) is 55.1 Å². The summed E-state index contributed by atoms with van der Waals surface area (Å²) in [6.45, 7) is 3.89. The van der Waals surface area contributed by atoms with Gasteiger partial charge < -0.3 is 20.3 Å². The number of likely N-dealkylation sites (tertiary alicyclic amines) is 1. The monoisotopic (exact) mass is 409 g/mol. The molecule has 0 aromatic carbocycles. The molecule has 1 fully saturated rings. The van der Waals surface area contributed by atoms with Gasteiger partial charge in [-0.3, -0.25) is 9.59 Å². The van der Waals surface area contributed by atoms with Crippen LogP contribution in [0.3, 0.4) is 0 Å². The average molecular weight is 410 g/mol. The Morgan fingerprint density at radius 2 is 1.93 bits per heavy atom. The molecule has 0 atom stereocenters. The van der Waals surface area contributed by atoms with Gasteiger partial charge in [-0.1, -0.05) is 6.07 Å². The number of aryl methyl sites for hydroxylation is 1. The van der Waals surface area contributed by atoms with Gasteiger partial charge in [0.25, 0.3) is 0 Å². The number of nitrogens with one attached hydrogen (secondary N) is 2. The van der Waals surface area contributed by atoms with E-state index in [0.717, 1.165) is 25.7 Å². The van der Waals surface area contributed by atoms with Crippen molar-refractivity contribution in [1.29, 1.82) is 0 Å². The zero-order valence-electron chi connectivity index (χ0n) is 16.6. The second-order valence-electron chi connectivity index (χ2n) is 6.91. The Bertz CT molecular complexity index is 613. The Morgan fingerprint density at radius 3 is 2.61 bits per heavy atom. The number of carbonyl (C=O) groups excluding carboxylic acids is 3. The van der Waals surface area contributed by atoms with Gasteiger partial charge in [-0.2, -0.15) is 0 Å². The molecule has 0 saturated carbocycles. The van der Waals surface area contributed by atoms with Crippen LogP contribution in [0, 0.1) is 0 Å². The van der Waals surface area contributed by atoms with Crippen molar-refractivity contribution in [1.82, 2.24) is 15.5 Å². The molecule has 2 rings (SSSR count). The largest absolute Gasteiger partial charge is 0.450 e. The number of hydrogen-bond donors (Lipinski definition) is 2. The molecule has 3 amide bonds. The molecule has 1 aromatic rings. The van der Waals surface area contributed by atoms with E-state index < -0.39 is 0 Å². The van der Waals surface area contributed by atoms with Gasteiger partial charge in [-0.15, -0.1) is 11.3 Å². The van der Waals surface area contributed by atoms with Crippen LogP contribution in [0.25, 0.3) is 0 Å². The van der Waals surface area contributed by atoms with Crippen molar-refractivity contribution in [2.24, 2.45) is 0 Å². The molecule has 1 aromatic heterocycles. The van der Waals surface area contributed by atoms with Gasteiger partial charge in [-0.05, 0) is 50.5 Å². The summed E-state index contributed by atoms with van der Waals surface area (Å²) in [4.78, 5) is 38.5. The first-order chi connectivity index (χ1) is 13.6. The second kappa shape index (κ2) is 12.4. The average Bonchev–Trinajstić information content (AvgIpc) is 3.19. The fourth-order valence-electron chi connectivity index (χ4n) is 3.16. The lowest BCUT2D eigenvalue weighted by atomic mass is 10.1. The Morgan fingerprint density at radius 1 is 1.18 bits per heavy atom. The van der Waals surface area contributed by atoms with Crippen LogP contribution >= 0.6 is 11.3 Å². The van der Waals surface area contributed by atoms with Gasteiger partial charge in [0.2, 0.25) is 11.8 Å². The number of rotatable bonds is 10. The van der Waals surface area contributed by atoms with Crippen LogP contribution in [0.5, 0.6) is 0 Å². The van der Waals surface area contributed by atoms with Crippen molar-refractivity contribution in [3.05, 3.63) is 22.4 Å². The van der Waals surface area contributed by atoms with Crippen LogP contribution in [0.15, 0.2) is 17.5 Å². The van der Waals surface area contributed by atoms with Crippen molar-refractivity contribution >= 4 is 29.2 Å². The Kier molecular flexibility index (Phi) is 9.82. The van der Waals surface area contributed by atoms with E-state index in [4.69, 9.17) is 4.74 Å². The predicted molar refractivity (Wildman–Crippen MR) is 109 cm³/mol. The quantitative estimate of drug-likeness (QED) is 0.582. The maximum absolute atomic E-state index is 12.0. The van der Waals surface area contributed by atoms with Crippen molar-refractivity contribution in [3.8, 4) is 0 Å². The van der Waals surface area contributed by atoms with Gasteiger partial charge >= 0.3 is 6.09 Å². The van der Waals surface area contributed by atoms with Crippen LogP contribution in [0.4, 0.5) is 4.79 Å². The van der Waals surface area contributed by atoms with Gasteiger partial charge in [0.1, 0.15) is 0 Å². The second-order valence-corrected chi connectivity index (χ2v) is 7.95. The lowest BCUT2D eigenvalue weighted by Crippen LogP contribution is -2.46. The third-order valence-corrected chi connectivity index (χ3v) is 5.63. The van der Waals surface area contributed by atoms with Crippen molar-refractivity contribution in [2.45, 2.75) is 57.9 Å². The number of amides is 3. The molecular formula is C20H31N3O4S. The standard InChI is InChI=1S/C20H31N3O4S/c1-2-27-20(26)23-13-10-16(11-14-23)22-19(25)9-4-12-21-18(24)8-3-6-17-7-5-15-28-17/h5,7,15-16H,2-4,6,8-14H2,1H3,(H,21,24)(H,22,25). The van der Waals surface area contributed by atoms with Crippen LogP contribution in [0.2, 0.25) is 0 Å². The first-order valence-corrected chi connectivity index (χ1v) is 11.0. The predicted octanol–water partition coefficient (Wildman–Crippen LogP) is 2.70. The third-order valence-electron chi connectivity index (χ3n) is 4.70. The highest BCUT2D eigenvalue weighted by Gasteiger charge is 2.24. The highest BCUT2D eigenvalue weighted by molar-refractivity contribution is 7.09. The highest BCUT2D eigenvalue weighted by atomic mass is 32.1. The normalized spacial score (nSPS) is 14.5. The molecule has 0 bridgehead atoms. The Hall–Kier alpha value is -2.09. The molecule has 28 heavy (non-hydrogen) atoms. The van der Waals surface area contributed by atoms with Crippen molar-refractivity contribution in [3.63, 3.8) is 0 Å². The molecule has 1 aliphatic heterocycles. The summed E-state index contributed by atoms with van der Waals surface area (Å²) in [6, 6.07) is 4.21. The van der Waals surface area contributed by atoms with E-state index in [1.165, 1.54) is 4.88 Å². The minimum absolute atomic E-state index is 0.00142. The topological polar surface area (TPSA) is 87.7 Å². The fourth-order valence-corrected chi connectivity index (χ4v) is 3.92. The summed E-state index contributed by atoms with van der Waals surface area (Å²) in [6.07, 6.45) is 4.52. The summed E-state index contributed by atoms with van der Waals surface area (Å²) in [5, 5.41) is 7.94. The van der Waals surface area contributed by atoms with Crippen LogP contribution in [0.1, 0.15) is 50.3 Å². The molecule has 156 valence electrons. The molecule has 0 radical (unpaired) electrons. The Balaban J connectivity index is 1.48. The maximum atomic E-state index is 12.0. The molecule has 1 saturated heterocycles. The fraction of sp³-hybridized carbons (Fsp3) is 0.650. The molecule has 2 heterocycles. The summed E-state index contributed by atoms with van der Waals surface area (Å²) in [5.41, 5.74) is 0. The van der Waals surface area contributed by atoms with E-state index in [0.29, 0.717) is 45.5 Å². The van der Waals surface area contributed by atoms with Gasteiger partial charge in [-0.25, -0.2) is 4.79 Å². The zero-order valence-corrected chi connectivity index (χ0v) is 17.4. The highest BCUT2D eigenvalue weighted by Crippen LogP contribution is 2.12. The molecule has 2 N–H and O–H groups in total. The van der Waals surface area contributed by atoms with Gasteiger partial charge in [0, 0.05) is 43.4 Å². The summed E-state index contributed by atoms with van der Waals surface area (Å²) in [7, 11) is 0. The zero-order chi connectivity index (χ0) is 20.2. The first kappa shape index (κ1) is 22.2. The summed E-state index contributed by atoms with van der Waals surface area (Å²) in [5.74, 6) is 0.0461. The summed E-state index contributed by atoms with van der Waals surface area (Å²) >= 11 is 1.72. The van der Waals surface area contributed by atoms with Crippen LogP contribution < -0.4 is 10.6 Å². The lowest BCUT2D eigenvalue weighted by Gasteiger charge is -2.31. The van der Waals surface area contributed by atoms with Crippen molar-refractivity contribution in [2.75, 3.05) is 26.2 Å². The van der Waals surface area contributed by atoms with Gasteiger partial charge in [0.15, 0.2) is 0 Å². The molecular weight excluding hydrogens is 378 g/mol. The number of hydrogen-bond acceptors (Lipinski definition) is 5. The SMILES string of the molecule is CCOC(=O)N1CCC(NC(=O)CCCNC(=O)CCCc2cccs2)CC1. The molecule has 0 spiro atoms. The van der Waals surface area contributed by atoms with E-state index >= 15 is 0 Å². The number of thiophene rings is 1. The van der Waals surface area contributed by atoms with E-state index in [2.05, 4.69) is 16.7 Å². The Labute approximate surface area is 170 Å². The summed E-state index contributed by atoms with van der Waals surface area (Å²) < 4.78 is 4.99. The molecule has 1 aliphatic rings. The van der Waals surface area contributed by atoms with E-state index in [1.807, 2.05) is 11.4 Å². The van der Waals surface area contributed by atoms with Crippen molar-refractivity contribution < 1.29 is 19.1 Å². The lowest BCUT2D eigenvalue weighted by molar-refractivity contribution is -0.123. The molecule has 0 unspecified atom stereocenters.